The highest BCUT2D eigenvalue weighted by atomic mass is 32.2. The lowest BCUT2D eigenvalue weighted by molar-refractivity contribution is -0.121. The van der Waals surface area contributed by atoms with E-state index in [1.54, 1.807) is 11.8 Å². The molecule has 0 aliphatic heterocycles. The minimum Gasteiger partial charge on any atom is -0.364 e. The van der Waals surface area contributed by atoms with Crippen LogP contribution in [0.25, 0.3) is 0 Å². The Balaban J connectivity index is 4.19. The molecule has 6 nitrogen and oxygen atoms in total. The fourth-order valence-corrected chi connectivity index (χ4v) is 3.26. The summed E-state index contributed by atoms with van der Waals surface area (Å²) in [4.78, 5) is 22.5. The van der Waals surface area contributed by atoms with Crippen molar-refractivity contribution in [2.24, 2.45) is 5.73 Å². The summed E-state index contributed by atoms with van der Waals surface area (Å²) < 4.78 is 0. The predicted molar refractivity (Wildman–Crippen MR) is 116 cm³/mol. The molecule has 0 aliphatic carbocycles. The average Bonchev–Trinajstić information content (AvgIpc) is 2.56. The fourth-order valence-electron chi connectivity index (χ4n) is 2.23. The third-order valence-corrected chi connectivity index (χ3v) is 4.78. The number of hydrogen-bond acceptors (Lipinski definition) is 4. The molecule has 0 saturated heterocycles. The van der Waals surface area contributed by atoms with E-state index < -0.39 is 18.0 Å². The van der Waals surface area contributed by atoms with Gasteiger partial charge in [-0.25, -0.2) is 4.79 Å². The lowest BCUT2D eigenvalue weighted by Crippen LogP contribution is -2.48. The van der Waals surface area contributed by atoms with Crippen LogP contribution < -0.4 is 16.4 Å². The van der Waals surface area contributed by atoms with Crippen molar-refractivity contribution in [3.63, 3.8) is 0 Å². The van der Waals surface area contributed by atoms with E-state index in [4.69, 9.17) is 11.1 Å². The topological polar surface area (TPSA) is 108 Å². The monoisotopic (exact) mass is 394 g/mol. The summed E-state index contributed by atoms with van der Waals surface area (Å²) in [5, 5.41) is 11.7. The van der Waals surface area contributed by atoms with Gasteiger partial charge in [0.2, 0.25) is 0 Å². The molecule has 0 aromatic heterocycles. The van der Waals surface area contributed by atoms with Crippen molar-refractivity contribution in [2.45, 2.75) is 59.4 Å². The van der Waals surface area contributed by atoms with Gasteiger partial charge in [-0.15, -0.1) is 0 Å². The Kier molecular flexibility index (Phi) is 14.0. The molecule has 0 saturated carbocycles. The predicted octanol–water partition coefficient (Wildman–Crippen LogP) is 3.90. The number of primary amides is 1. The molecule has 27 heavy (non-hydrogen) atoms. The van der Waals surface area contributed by atoms with Crippen molar-refractivity contribution >= 4 is 30.0 Å². The third-order valence-electron chi connectivity index (χ3n) is 3.80. The minimum absolute atomic E-state index is 0.446. The number of amides is 3. The molecule has 1 atom stereocenters. The standard InChI is InChI=1S/C20H34N4O2S/c1-15(2)7-5-8-16(3)9-6-10-17(4)11-12-27-13-18(23-14-21)19(25)24-20(22)26/h7,9,11,14,18H,5-6,8,10,12-13H2,1-4H3,(H2,21,23)(H3,22,24,25,26)/b16-9+,17-11+. The molecule has 152 valence electrons. The van der Waals surface area contributed by atoms with Crippen LogP contribution in [0.5, 0.6) is 0 Å². The second-order valence-corrected chi connectivity index (χ2v) is 7.79. The number of rotatable bonds is 13. The molecule has 7 heteroatoms. The molecule has 0 aliphatic rings. The number of nitrogens with one attached hydrogen (secondary N) is 3. The molecule has 5 N–H and O–H groups in total. The van der Waals surface area contributed by atoms with Crippen molar-refractivity contribution in [1.29, 1.82) is 5.41 Å². The Morgan fingerprint density at radius 1 is 1.04 bits per heavy atom. The highest BCUT2D eigenvalue weighted by Gasteiger charge is 2.17. The van der Waals surface area contributed by atoms with E-state index in [1.165, 1.54) is 16.7 Å². The number of carbonyl (C=O) groups excluding carboxylic acids is 2. The van der Waals surface area contributed by atoms with Gasteiger partial charge >= 0.3 is 6.03 Å². The summed E-state index contributed by atoms with van der Waals surface area (Å²) in [5.74, 6) is 0.699. The van der Waals surface area contributed by atoms with Crippen LogP contribution in [0.15, 0.2) is 34.9 Å². The molecule has 3 amide bonds. The molecule has 0 rings (SSSR count). The smallest absolute Gasteiger partial charge is 0.318 e. The first-order valence-corrected chi connectivity index (χ1v) is 10.3. The highest BCUT2D eigenvalue weighted by Crippen LogP contribution is 2.13. The quantitative estimate of drug-likeness (QED) is 0.164. The van der Waals surface area contributed by atoms with Crippen LogP contribution in [0.2, 0.25) is 0 Å². The molecular weight excluding hydrogens is 360 g/mol. The normalized spacial score (nSPS) is 12.9. The SMILES string of the molecule is CC(C)=CCC/C(C)=C/CC/C(C)=C/CSCC(NC=N)C(=O)NC(N)=O. The van der Waals surface area contributed by atoms with E-state index in [-0.39, 0.29) is 0 Å². The number of thioether (sulfide) groups is 1. The van der Waals surface area contributed by atoms with Crippen LogP contribution in [0, 0.1) is 5.41 Å². The lowest BCUT2D eigenvalue weighted by Gasteiger charge is -2.14. The Hall–Kier alpha value is -2.02. The number of nitrogens with two attached hydrogens (primary N) is 1. The Morgan fingerprint density at radius 2 is 1.63 bits per heavy atom. The van der Waals surface area contributed by atoms with Gasteiger partial charge in [0.25, 0.3) is 5.91 Å². The molecule has 0 spiro atoms. The first-order chi connectivity index (χ1) is 12.8. The van der Waals surface area contributed by atoms with Gasteiger partial charge in [0, 0.05) is 11.5 Å². The van der Waals surface area contributed by atoms with E-state index in [2.05, 4.69) is 51.2 Å². The zero-order chi connectivity index (χ0) is 20.7. The Bertz CT molecular complexity index is 579. The molecule has 0 aromatic rings. The summed E-state index contributed by atoms with van der Waals surface area (Å²) in [6.07, 6.45) is 11.9. The van der Waals surface area contributed by atoms with Crippen molar-refractivity contribution in [3.8, 4) is 0 Å². The van der Waals surface area contributed by atoms with E-state index >= 15 is 0 Å². The van der Waals surface area contributed by atoms with Crippen LogP contribution in [0.4, 0.5) is 4.79 Å². The van der Waals surface area contributed by atoms with E-state index in [9.17, 15) is 9.59 Å². The van der Waals surface area contributed by atoms with Crippen molar-refractivity contribution in [1.82, 2.24) is 10.6 Å². The zero-order valence-corrected chi connectivity index (χ0v) is 17.7. The van der Waals surface area contributed by atoms with Gasteiger partial charge in [-0.1, -0.05) is 34.9 Å². The Labute approximate surface area is 167 Å². The average molecular weight is 395 g/mol. The van der Waals surface area contributed by atoms with Gasteiger partial charge < -0.3 is 11.1 Å². The minimum atomic E-state index is -0.887. The molecule has 0 fully saturated rings. The largest absolute Gasteiger partial charge is 0.364 e. The zero-order valence-electron chi connectivity index (χ0n) is 16.9. The molecule has 0 bridgehead atoms. The number of allylic oxidation sites excluding steroid dienone is 5. The maximum Gasteiger partial charge on any atom is 0.318 e. The second kappa shape index (κ2) is 15.1. The maximum atomic E-state index is 11.8. The summed E-state index contributed by atoms with van der Waals surface area (Å²) in [6.45, 7) is 8.54. The summed E-state index contributed by atoms with van der Waals surface area (Å²) >= 11 is 1.56. The van der Waals surface area contributed by atoms with Crippen LogP contribution in [0.1, 0.15) is 53.4 Å². The summed E-state index contributed by atoms with van der Waals surface area (Å²) in [7, 11) is 0. The highest BCUT2D eigenvalue weighted by molar-refractivity contribution is 7.99. The van der Waals surface area contributed by atoms with E-state index in [0.29, 0.717) is 5.75 Å². The summed E-state index contributed by atoms with van der Waals surface area (Å²) in [6, 6.07) is -1.54. The molecular formula is C20H34N4O2S. The number of urea groups is 1. The number of carbonyl (C=O) groups is 2. The first kappa shape index (κ1) is 25.0. The molecule has 0 heterocycles. The van der Waals surface area contributed by atoms with Gasteiger partial charge in [0.1, 0.15) is 6.04 Å². The van der Waals surface area contributed by atoms with Crippen LogP contribution in [0.3, 0.4) is 0 Å². The van der Waals surface area contributed by atoms with Crippen LogP contribution in [-0.2, 0) is 4.79 Å². The van der Waals surface area contributed by atoms with Gasteiger partial charge in [-0.2, -0.15) is 11.8 Å². The maximum absolute atomic E-state index is 11.8. The van der Waals surface area contributed by atoms with Gasteiger partial charge in [0.05, 0.1) is 6.34 Å². The van der Waals surface area contributed by atoms with Crippen molar-refractivity contribution in [2.75, 3.05) is 11.5 Å². The fraction of sp³-hybridized carbons (Fsp3) is 0.550. The van der Waals surface area contributed by atoms with Gasteiger partial charge in [0.15, 0.2) is 0 Å². The van der Waals surface area contributed by atoms with E-state index in [1.807, 2.05) is 5.32 Å². The Morgan fingerprint density at radius 3 is 2.19 bits per heavy atom. The number of imide groups is 1. The second-order valence-electron chi connectivity index (χ2n) is 6.71. The third kappa shape index (κ3) is 14.8. The van der Waals surface area contributed by atoms with Crippen LogP contribution in [-0.4, -0.2) is 35.8 Å². The molecule has 0 aromatic carbocycles. The molecule has 1 unspecified atom stereocenters. The number of hydrogen-bond donors (Lipinski definition) is 4. The lowest BCUT2D eigenvalue weighted by atomic mass is 10.1. The van der Waals surface area contributed by atoms with Crippen LogP contribution >= 0.6 is 11.8 Å². The van der Waals surface area contributed by atoms with Crippen molar-refractivity contribution in [3.05, 3.63) is 34.9 Å². The first-order valence-electron chi connectivity index (χ1n) is 9.14. The van der Waals surface area contributed by atoms with Gasteiger partial charge in [-0.05, 0) is 53.4 Å². The summed E-state index contributed by atoms with van der Waals surface area (Å²) in [5.41, 5.74) is 9.06. The van der Waals surface area contributed by atoms with Crippen molar-refractivity contribution < 1.29 is 9.59 Å². The van der Waals surface area contributed by atoms with E-state index in [0.717, 1.165) is 37.8 Å². The van der Waals surface area contributed by atoms with Gasteiger partial charge in [-0.3, -0.25) is 15.5 Å². The molecule has 0 radical (unpaired) electrons.